The summed E-state index contributed by atoms with van der Waals surface area (Å²) < 4.78 is 4.80. The molecule has 1 nitrogen and oxygen atoms in total. The third kappa shape index (κ3) is 0.710. The second-order valence-electron chi connectivity index (χ2n) is 1.09. The zero-order valence-corrected chi connectivity index (χ0v) is 3.42. The van der Waals surface area contributed by atoms with Gasteiger partial charge in [0.25, 0.3) is 0 Å². The van der Waals surface area contributed by atoms with Crippen LogP contribution < -0.4 is 0 Å². The van der Waals surface area contributed by atoms with E-state index in [1.165, 1.54) is 0 Å². The van der Waals surface area contributed by atoms with Crippen molar-refractivity contribution < 1.29 is 4.74 Å². The first-order valence-corrected chi connectivity index (χ1v) is 1.93. The number of hydrogen-bond donors (Lipinski definition) is 0. The van der Waals surface area contributed by atoms with Gasteiger partial charge in [0.1, 0.15) is 0 Å². The first-order chi connectivity index (χ1) is 3.00. The van der Waals surface area contributed by atoms with Gasteiger partial charge in [-0.25, -0.2) is 0 Å². The van der Waals surface area contributed by atoms with Crippen LogP contribution in [0.2, 0.25) is 0 Å². The van der Waals surface area contributed by atoms with Gasteiger partial charge in [-0.1, -0.05) is 0 Å². The topological polar surface area (TPSA) is 9.23 Å². The number of rotatable bonds is 0. The molecule has 0 fully saturated rings. The molecule has 0 amide bonds. The summed E-state index contributed by atoms with van der Waals surface area (Å²) in [7, 11) is 0. The summed E-state index contributed by atoms with van der Waals surface area (Å²) in [5.74, 6) is 3.82. The van der Waals surface area contributed by atoms with Gasteiger partial charge >= 0.3 is 36.5 Å². The van der Waals surface area contributed by atoms with Crippen LogP contribution in [0.25, 0.3) is 0 Å². The van der Waals surface area contributed by atoms with E-state index < -0.39 is 0 Å². The molecule has 0 unspecified atom stereocenters. The maximum absolute atomic E-state index is 4.80. The van der Waals surface area contributed by atoms with E-state index in [9.17, 15) is 0 Å². The van der Waals surface area contributed by atoms with Crippen LogP contribution in [0.4, 0.5) is 0 Å². The molecule has 2 heteroatoms. The molecule has 0 saturated heterocycles. The maximum atomic E-state index is 4.80. The van der Waals surface area contributed by atoms with Crippen molar-refractivity contribution in [2.45, 2.75) is 0 Å². The van der Waals surface area contributed by atoms with Crippen LogP contribution in [0.15, 0.2) is 12.2 Å². The summed E-state index contributed by atoms with van der Waals surface area (Å²) >= 11 is 0. The van der Waals surface area contributed by atoms with Gasteiger partial charge in [-0.15, -0.1) is 0 Å². The third-order valence-electron chi connectivity index (χ3n) is 0.614. The Balaban J connectivity index is 2.46. The van der Waals surface area contributed by atoms with Crippen LogP contribution in [0, 0.1) is 0 Å². The number of ether oxygens (including phenoxy) is 1. The minimum absolute atomic E-state index is 0.733. The third-order valence-corrected chi connectivity index (χ3v) is 0.614. The van der Waals surface area contributed by atoms with Crippen LogP contribution in [0.3, 0.4) is 0 Å². The van der Waals surface area contributed by atoms with E-state index in [2.05, 4.69) is 0 Å². The fourth-order valence-electron chi connectivity index (χ4n) is 0.346. The fourth-order valence-corrected chi connectivity index (χ4v) is 0.346. The molecule has 1 heterocycles. The van der Waals surface area contributed by atoms with Gasteiger partial charge in [0.15, 0.2) is 0 Å². The molecule has 0 aromatic rings. The standard InChI is InChI=1S/C4H5BO/c1-3-6-4-2-5-1/h1-3H,4H2. The Hall–Kier alpha value is -0.525. The normalized spacial score (nSPS) is 16.0. The van der Waals surface area contributed by atoms with Crippen LogP contribution in [0.5, 0.6) is 0 Å². The van der Waals surface area contributed by atoms with Gasteiger partial charge in [0.05, 0.1) is 0 Å². The summed E-state index contributed by atoms with van der Waals surface area (Å²) in [5, 5.41) is 0. The van der Waals surface area contributed by atoms with Crippen LogP contribution in [-0.4, -0.2) is 19.5 Å². The summed E-state index contributed by atoms with van der Waals surface area (Å²) in [5.41, 5.74) is 0. The van der Waals surface area contributed by atoms with E-state index in [1.54, 1.807) is 6.26 Å². The summed E-state index contributed by atoms with van der Waals surface area (Å²) in [6, 6.07) is 0. The van der Waals surface area contributed by atoms with E-state index in [-0.39, 0.29) is 0 Å². The first kappa shape index (κ1) is 3.66. The van der Waals surface area contributed by atoms with Gasteiger partial charge in [-0.2, -0.15) is 0 Å². The van der Waals surface area contributed by atoms with E-state index in [1.807, 2.05) is 18.9 Å². The predicted octanol–water partition coefficient (Wildman–Crippen LogP) is -0.00580. The summed E-state index contributed by atoms with van der Waals surface area (Å²) in [4.78, 5) is 0. The zero-order chi connectivity index (χ0) is 4.24. The van der Waals surface area contributed by atoms with E-state index in [0.717, 1.165) is 6.61 Å². The van der Waals surface area contributed by atoms with Crippen LogP contribution >= 0.6 is 0 Å². The molecule has 0 aliphatic carbocycles. The predicted molar refractivity (Wildman–Crippen MR) is 26.9 cm³/mol. The van der Waals surface area contributed by atoms with Gasteiger partial charge < -0.3 is 0 Å². The van der Waals surface area contributed by atoms with Gasteiger partial charge in [0.2, 0.25) is 0 Å². The molecule has 30 valence electrons. The van der Waals surface area contributed by atoms with Crippen molar-refractivity contribution in [1.29, 1.82) is 0 Å². The second-order valence-corrected chi connectivity index (χ2v) is 1.09. The van der Waals surface area contributed by atoms with Crippen molar-refractivity contribution in [3.8, 4) is 0 Å². The molecule has 6 heavy (non-hydrogen) atoms. The quantitative estimate of drug-likeness (QED) is 0.372. The van der Waals surface area contributed by atoms with Crippen molar-refractivity contribution in [2.24, 2.45) is 0 Å². The Bertz CT molecular complexity index is 73.5. The van der Waals surface area contributed by atoms with E-state index >= 15 is 0 Å². The van der Waals surface area contributed by atoms with E-state index in [4.69, 9.17) is 4.74 Å². The van der Waals surface area contributed by atoms with Gasteiger partial charge in [0, 0.05) is 0 Å². The number of hydrogen-bond acceptors (Lipinski definition) is 1. The van der Waals surface area contributed by atoms with Crippen molar-refractivity contribution in [3.63, 3.8) is 0 Å². The molecular weight excluding hydrogens is 74.9 g/mol. The van der Waals surface area contributed by atoms with Crippen LogP contribution in [-0.2, 0) is 4.74 Å². The van der Waals surface area contributed by atoms with Crippen molar-refractivity contribution in [1.82, 2.24) is 0 Å². The molecular formula is C4H5BO. The fraction of sp³-hybridized carbons (Fsp3) is 0.250. The molecule has 0 spiro atoms. The van der Waals surface area contributed by atoms with Gasteiger partial charge in [-0.05, 0) is 0 Å². The second kappa shape index (κ2) is 1.80. The SMILES string of the molecule is B1=CCOC=C1. The van der Waals surface area contributed by atoms with E-state index in [0.29, 0.717) is 0 Å². The van der Waals surface area contributed by atoms with Crippen molar-refractivity contribution >= 4 is 12.9 Å². The van der Waals surface area contributed by atoms with Crippen LogP contribution in [0.1, 0.15) is 0 Å². The molecule has 0 aromatic heterocycles. The molecule has 0 radical (unpaired) electrons. The molecule has 1 rings (SSSR count). The Labute approximate surface area is 37.5 Å². The van der Waals surface area contributed by atoms with Gasteiger partial charge in [-0.3, -0.25) is 0 Å². The average Bonchev–Trinajstić information content (AvgIpc) is 1.72. The van der Waals surface area contributed by atoms with Crippen molar-refractivity contribution in [2.75, 3.05) is 6.61 Å². The molecule has 0 aromatic carbocycles. The summed E-state index contributed by atoms with van der Waals surface area (Å²) in [6.45, 7) is 2.69. The minimum atomic E-state index is 0.733. The first-order valence-electron chi connectivity index (χ1n) is 1.93. The zero-order valence-electron chi connectivity index (χ0n) is 3.42. The van der Waals surface area contributed by atoms with Crippen molar-refractivity contribution in [3.05, 3.63) is 12.2 Å². The average molecular weight is 79.9 g/mol. The Morgan fingerprint density at radius 2 is 2.67 bits per heavy atom. The molecule has 0 saturated carbocycles. The molecule has 0 N–H and O–H groups in total. The molecule has 0 bridgehead atoms. The Morgan fingerprint density at radius 1 is 1.67 bits per heavy atom. The summed E-state index contributed by atoms with van der Waals surface area (Å²) in [6.07, 6.45) is 1.68. The molecule has 1 aliphatic rings. The Kier molecular flexibility index (Phi) is 1.10. The Morgan fingerprint density at radius 3 is 2.83 bits per heavy atom. The molecule has 1 aliphatic heterocycles. The molecule has 0 atom stereocenters. The monoisotopic (exact) mass is 80.0 g/mol.